The van der Waals surface area contributed by atoms with Gasteiger partial charge in [-0.3, -0.25) is 15.5 Å². The lowest BCUT2D eigenvalue weighted by Crippen LogP contribution is -2.68. The van der Waals surface area contributed by atoms with Gasteiger partial charge in [-0.1, -0.05) is 30.4 Å². The zero-order valence-corrected chi connectivity index (χ0v) is 15.7. The van der Waals surface area contributed by atoms with E-state index in [1.54, 1.807) is 12.1 Å². The first-order valence-electron chi connectivity index (χ1n) is 9.00. The van der Waals surface area contributed by atoms with Gasteiger partial charge in [-0.15, -0.1) is 0 Å². The number of benzene rings is 1. The van der Waals surface area contributed by atoms with E-state index in [0.29, 0.717) is 10.6 Å². The number of nitro benzene ring substituents is 1. The second kappa shape index (κ2) is 6.91. The summed E-state index contributed by atoms with van der Waals surface area (Å²) in [4.78, 5) is 10.9. The number of nitrogens with one attached hydrogen (secondary N) is 2. The quantitative estimate of drug-likeness (QED) is 0.184. The Labute approximate surface area is 167 Å². The summed E-state index contributed by atoms with van der Waals surface area (Å²) in [5.74, 6) is 2.01. The third-order valence-corrected chi connectivity index (χ3v) is 5.82. The number of aliphatic hydroxyl groups is 1. The number of hydrogen-bond donors (Lipinski definition) is 3. The lowest BCUT2D eigenvalue weighted by molar-refractivity contribution is -0.742. The van der Waals surface area contributed by atoms with Crippen LogP contribution in [-0.4, -0.2) is 26.6 Å². The van der Waals surface area contributed by atoms with Gasteiger partial charge in [0.25, 0.3) is 5.69 Å². The first kappa shape index (κ1) is 18.4. The van der Waals surface area contributed by atoms with Gasteiger partial charge in [0.05, 0.1) is 16.4 Å². The predicted octanol–water partition coefficient (Wildman–Crippen LogP) is 2.41. The molecule has 1 saturated heterocycles. The van der Waals surface area contributed by atoms with Crippen molar-refractivity contribution >= 4 is 28.8 Å². The van der Waals surface area contributed by atoms with Crippen LogP contribution in [0.2, 0.25) is 0 Å². The van der Waals surface area contributed by atoms with E-state index in [0.717, 1.165) is 18.4 Å². The minimum Gasteiger partial charge on any atom is -0.365 e. The summed E-state index contributed by atoms with van der Waals surface area (Å²) in [6.07, 6.45) is 5.50. The fraction of sp³-hybridized carbons (Fsp3) is 0.300. The van der Waals surface area contributed by atoms with E-state index in [2.05, 4.69) is 11.2 Å². The maximum absolute atomic E-state index is 11.7. The molecule has 2 fully saturated rings. The van der Waals surface area contributed by atoms with Crippen molar-refractivity contribution in [1.29, 1.82) is 5.41 Å². The van der Waals surface area contributed by atoms with Gasteiger partial charge in [0.15, 0.2) is 12.4 Å². The van der Waals surface area contributed by atoms with Crippen LogP contribution in [0, 0.1) is 21.4 Å². The van der Waals surface area contributed by atoms with Crippen LogP contribution in [0.25, 0.3) is 0 Å². The number of nitrogens with zero attached hydrogens (tertiary/aromatic N) is 2. The van der Waals surface area contributed by atoms with E-state index < -0.39 is 22.6 Å². The van der Waals surface area contributed by atoms with Crippen LogP contribution in [-0.2, 0) is 0 Å². The second-order valence-electron chi connectivity index (χ2n) is 7.19. The Morgan fingerprint density at radius 1 is 1.25 bits per heavy atom. The molecule has 1 aromatic heterocycles. The van der Waals surface area contributed by atoms with Crippen molar-refractivity contribution in [2.75, 3.05) is 0 Å². The van der Waals surface area contributed by atoms with Crippen LogP contribution < -0.4 is 9.88 Å². The topological polar surface area (TPSA) is 103 Å². The number of non-ortho nitro benzene ring substituents is 1. The molecule has 0 spiro atoms. The molecule has 1 aliphatic carbocycles. The van der Waals surface area contributed by atoms with Crippen molar-refractivity contribution < 1.29 is 14.6 Å². The fourth-order valence-electron chi connectivity index (χ4n) is 4.03. The molecule has 4 rings (SSSR count). The van der Waals surface area contributed by atoms with E-state index in [4.69, 9.17) is 17.6 Å². The number of thiocarbonyl (C=S) groups is 1. The summed E-state index contributed by atoms with van der Waals surface area (Å²) in [5.41, 5.74) is -0.0993. The lowest BCUT2D eigenvalue weighted by atomic mass is 9.75. The maximum atomic E-state index is 11.7. The van der Waals surface area contributed by atoms with Gasteiger partial charge < -0.3 is 10.4 Å². The van der Waals surface area contributed by atoms with E-state index in [-0.39, 0.29) is 11.6 Å². The molecule has 7 nitrogen and oxygen atoms in total. The summed E-state index contributed by atoms with van der Waals surface area (Å²) in [6.45, 7) is 0. The standard InChI is InChI=1S/C20H18N4O3S/c21-12-16-17(13-4-8-15(9-5-13)24(26)27)18(23-10-2-1-3-11-23)20(25,14-6-7-14)22-19(16)28/h1-5,8-11,14,17-18,21,25H,6-7H2/p+1. The molecule has 0 radical (unpaired) electrons. The molecule has 142 valence electrons. The molecule has 2 aromatic rings. The first-order valence-corrected chi connectivity index (χ1v) is 9.41. The fourth-order valence-corrected chi connectivity index (χ4v) is 4.37. The van der Waals surface area contributed by atoms with E-state index in [1.165, 1.54) is 12.1 Å². The molecular weight excluding hydrogens is 376 g/mol. The lowest BCUT2D eigenvalue weighted by Gasteiger charge is -2.43. The van der Waals surface area contributed by atoms with Gasteiger partial charge in [0.2, 0.25) is 11.8 Å². The van der Waals surface area contributed by atoms with Crippen molar-refractivity contribution in [3.05, 3.63) is 76.1 Å². The Kier molecular flexibility index (Phi) is 4.55. The normalized spacial score (nSPS) is 27.0. The van der Waals surface area contributed by atoms with Gasteiger partial charge in [-0.05, 0) is 24.3 Å². The first-order chi connectivity index (χ1) is 13.5. The van der Waals surface area contributed by atoms with Crippen LogP contribution in [0.5, 0.6) is 0 Å². The van der Waals surface area contributed by atoms with E-state index in [9.17, 15) is 15.2 Å². The average molecular weight is 395 g/mol. The number of hydrogen-bond acceptors (Lipinski definition) is 5. The molecule has 0 amide bonds. The molecule has 3 atom stereocenters. The van der Waals surface area contributed by atoms with Crippen molar-refractivity contribution in [1.82, 2.24) is 5.32 Å². The zero-order valence-electron chi connectivity index (χ0n) is 14.9. The number of pyridine rings is 1. The molecule has 2 aliphatic rings. The molecule has 3 unspecified atom stereocenters. The maximum Gasteiger partial charge on any atom is 0.269 e. The van der Waals surface area contributed by atoms with Crippen molar-refractivity contribution in [2.24, 2.45) is 5.92 Å². The highest BCUT2D eigenvalue weighted by molar-refractivity contribution is 7.80. The largest absolute Gasteiger partial charge is 0.365 e. The predicted molar refractivity (Wildman–Crippen MR) is 106 cm³/mol. The second-order valence-corrected chi connectivity index (χ2v) is 7.59. The minimum absolute atomic E-state index is 0.0120. The Morgan fingerprint density at radius 2 is 1.89 bits per heavy atom. The summed E-state index contributed by atoms with van der Waals surface area (Å²) in [5, 5.41) is 33.6. The zero-order chi connectivity index (χ0) is 19.9. The van der Waals surface area contributed by atoms with Crippen molar-refractivity contribution in [3.63, 3.8) is 0 Å². The molecule has 1 aromatic carbocycles. The van der Waals surface area contributed by atoms with Gasteiger partial charge in [-0.2, -0.15) is 4.57 Å². The van der Waals surface area contributed by atoms with Crippen LogP contribution in [0.4, 0.5) is 5.69 Å². The molecule has 0 bridgehead atoms. The van der Waals surface area contributed by atoms with Crippen LogP contribution >= 0.6 is 12.2 Å². The van der Waals surface area contributed by atoms with Gasteiger partial charge >= 0.3 is 0 Å². The molecule has 1 saturated carbocycles. The number of piperidine rings is 1. The summed E-state index contributed by atoms with van der Waals surface area (Å²) in [7, 11) is 0. The number of rotatable bonds is 4. The van der Waals surface area contributed by atoms with Gasteiger partial charge in [0.1, 0.15) is 4.99 Å². The third-order valence-electron chi connectivity index (χ3n) is 5.49. The smallest absolute Gasteiger partial charge is 0.269 e. The molecule has 1 aliphatic heterocycles. The summed E-state index contributed by atoms with van der Waals surface area (Å²) in [6, 6.07) is 11.4. The molecule has 28 heavy (non-hydrogen) atoms. The highest BCUT2D eigenvalue weighted by atomic mass is 32.1. The molecule has 2 heterocycles. The monoisotopic (exact) mass is 395 g/mol. The minimum atomic E-state index is -1.28. The number of aromatic nitrogens is 1. The SMILES string of the molecule is N=C=C1C(=S)NC(O)(C2CC2)C([n+]2ccccc2)C1c1ccc([N+](=O)[O-])cc1. The van der Waals surface area contributed by atoms with Crippen LogP contribution in [0.1, 0.15) is 30.4 Å². The summed E-state index contributed by atoms with van der Waals surface area (Å²) < 4.78 is 1.91. The van der Waals surface area contributed by atoms with E-state index in [1.807, 2.05) is 35.2 Å². The number of nitro groups is 1. The highest BCUT2D eigenvalue weighted by Crippen LogP contribution is 2.50. The Balaban J connectivity index is 1.90. The van der Waals surface area contributed by atoms with Gasteiger partial charge in [0, 0.05) is 30.2 Å². The Hall–Kier alpha value is -2.93. The Bertz CT molecular complexity index is 984. The Morgan fingerprint density at radius 3 is 2.43 bits per heavy atom. The highest BCUT2D eigenvalue weighted by Gasteiger charge is 2.61. The molecule has 3 N–H and O–H groups in total. The van der Waals surface area contributed by atoms with Crippen LogP contribution in [0.3, 0.4) is 0 Å². The van der Waals surface area contributed by atoms with E-state index >= 15 is 0 Å². The average Bonchev–Trinajstić information content (AvgIpc) is 3.54. The van der Waals surface area contributed by atoms with Gasteiger partial charge in [-0.25, -0.2) is 0 Å². The van der Waals surface area contributed by atoms with Crippen LogP contribution in [0.15, 0.2) is 60.4 Å². The molecule has 8 heteroatoms. The third kappa shape index (κ3) is 3.01. The van der Waals surface area contributed by atoms with Crippen molar-refractivity contribution in [3.8, 4) is 0 Å². The summed E-state index contributed by atoms with van der Waals surface area (Å²) >= 11 is 5.46. The molecular formula is C20H19N4O3S+. The van der Waals surface area contributed by atoms with Crippen molar-refractivity contribution in [2.45, 2.75) is 30.5 Å².